The molecule has 4 aromatic rings. The monoisotopic (exact) mass is 456 g/mol. The zero-order chi connectivity index (χ0) is 23.7. The van der Waals surface area contributed by atoms with E-state index in [2.05, 4.69) is 46.8 Å². The first-order valence-electron chi connectivity index (χ1n) is 11.7. The molecule has 2 aromatic carbocycles. The first-order chi connectivity index (χ1) is 16.5. The SMILES string of the molecule is Cc1ccc(N2CCN(Cc3cc4ccc(F)cc4n(Cc4cccnc4)c3=O)CC2)c(C)c1. The number of piperazine rings is 1. The number of rotatable bonds is 5. The van der Waals surface area contributed by atoms with Crippen molar-refractivity contribution in [3.63, 3.8) is 0 Å². The van der Waals surface area contributed by atoms with Crippen LogP contribution in [0, 0.1) is 19.7 Å². The van der Waals surface area contributed by atoms with E-state index < -0.39 is 0 Å². The lowest BCUT2D eigenvalue weighted by Crippen LogP contribution is -2.46. The van der Waals surface area contributed by atoms with Crippen molar-refractivity contribution in [3.8, 4) is 0 Å². The average molecular weight is 457 g/mol. The lowest BCUT2D eigenvalue weighted by molar-refractivity contribution is 0.248. The van der Waals surface area contributed by atoms with Crippen LogP contribution in [0.2, 0.25) is 0 Å². The fourth-order valence-corrected chi connectivity index (χ4v) is 4.90. The topological polar surface area (TPSA) is 41.4 Å². The second-order valence-electron chi connectivity index (χ2n) is 9.18. The van der Waals surface area contributed by atoms with Crippen molar-refractivity contribution in [2.24, 2.45) is 0 Å². The van der Waals surface area contributed by atoms with Crippen molar-refractivity contribution < 1.29 is 4.39 Å². The Labute approximate surface area is 199 Å². The molecule has 0 bridgehead atoms. The highest BCUT2D eigenvalue weighted by Gasteiger charge is 2.20. The van der Waals surface area contributed by atoms with Gasteiger partial charge in [-0.1, -0.05) is 23.8 Å². The number of hydrogen-bond donors (Lipinski definition) is 0. The van der Waals surface area contributed by atoms with E-state index in [4.69, 9.17) is 0 Å². The molecular formula is C28H29FN4O. The molecule has 0 N–H and O–H groups in total. The predicted molar refractivity (Wildman–Crippen MR) is 135 cm³/mol. The second kappa shape index (κ2) is 9.39. The molecule has 5 nitrogen and oxygen atoms in total. The minimum Gasteiger partial charge on any atom is -0.369 e. The molecule has 0 aliphatic carbocycles. The van der Waals surface area contributed by atoms with Crippen LogP contribution >= 0.6 is 0 Å². The number of fused-ring (bicyclic) bond motifs is 1. The number of pyridine rings is 2. The Kier molecular flexibility index (Phi) is 6.16. The number of benzene rings is 2. The van der Waals surface area contributed by atoms with Crippen LogP contribution in [0.25, 0.3) is 10.9 Å². The zero-order valence-corrected chi connectivity index (χ0v) is 19.7. The van der Waals surface area contributed by atoms with Gasteiger partial charge in [0.1, 0.15) is 5.82 Å². The molecule has 1 aliphatic heterocycles. The summed E-state index contributed by atoms with van der Waals surface area (Å²) in [7, 11) is 0. The summed E-state index contributed by atoms with van der Waals surface area (Å²) in [4.78, 5) is 22.4. The Balaban J connectivity index is 1.39. The molecule has 2 aromatic heterocycles. The van der Waals surface area contributed by atoms with Gasteiger partial charge in [0, 0.05) is 56.4 Å². The van der Waals surface area contributed by atoms with E-state index in [1.165, 1.54) is 28.9 Å². The number of hydrogen-bond acceptors (Lipinski definition) is 4. The summed E-state index contributed by atoms with van der Waals surface area (Å²) in [5.41, 5.74) is 6.05. The van der Waals surface area contributed by atoms with Crippen LogP contribution in [0.5, 0.6) is 0 Å². The molecule has 0 amide bonds. The van der Waals surface area contributed by atoms with Crippen molar-refractivity contribution in [2.75, 3.05) is 31.1 Å². The molecule has 1 fully saturated rings. The third-order valence-corrected chi connectivity index (χ3v) is 6.66. The van der Waals surface area contributed by atoms with Crippen LogP contribution in [0.15, 0.2) is 71.8 Å². The molecule has 0 radical (unpaired) electrons. The largest absolute Gasteiger partial charge is 0.369 e. The van der Waals surface area contributed by atoms with Crippen molar-refractivity contribution in [3.05, 3.63) is 105 Å². The highest BCUT2D eigenvalue weighted by atomic mass is 19.1. The standard InChI is InChI=1S/C28H29FN4O/c1-20-5-8-26(21(2)14-20)32-12-10-31(11-13-32)19-24-15-23-6-7-25(29)16-27(23)33(28(24)34)18-22-4-3-9-30-17-22/h3-9,14-17H,10-13,18-19H2,1-2H3. The van der Waals surface area contributed by atoms with Crippen LogP contribution < -0.4 is 10.5 Å². The van der Waals surface area contributed by atoms with E-state index in [0.717, 1.165) is 42.7 Å². The fourth-order valence-electron chi connectivity index (χ4n) is 4.90. The Morgan fingerprint density at radius 3 is 2.50 bits per heavy atom. The minimum absolute atomic E-state index is 0.0706. The summed E-state index contributed by atoms with van der Waals surface area (Å²) < 4.78 is 15.7. The van der Waals surface area contributed by atoms with E-state index in [9.17, 15) is 9.18 Å². The molecule has 5 rings (SSSR count). The lowest BCUT2D eigenvalue weighted by atomic mass is 10.1. The Morgan fingerprint density at radius 1 is 0.941 bits per heavy atom. The summed E-state index contributed by atoms with van der Waals surface area (Å²) in [6.07, 6.45) is 3.45. The van der Waals surface area contributed by atoms with Gasteiger partial charge in [-0.2, -0.15) is 0 Å². The summed E-state index contributed by atoms with van der Waals surface area (Å²) in [5.74, 6) is -0.345. The number of nitrogens with zero attached hydrogens (tertiary/aromatic N) is 4. The van der Waals surface area contributed by atoms with Gasteiger partial charge in [-0.25, -0.2) is 4.39 Å². The maximum Gasteiger partial charge on any atom is 0.255 e. The van der Waals surface area contributed by atoms with Gasteiger partial charge in [-0.15, -0.1) is 0 Å². The van der Waals surface area contributed by atoms with Gasteiger partial charge in [0.15, 0.2) is 0 Å². The highest BCUT2D eigenvalue weighted by molar-refractivity contribution is 5.79. The second-order valence-corrected chi connectivity index (χ2v) is 9.18. The third-order valence-electron chi connectivity index (χ3n) is 6.66. The molecule has 1 aliphatic rings. The van der Waals surface area contributed by atoms with Crippen LogP contribution in [0.4, 0.5) is 10.1 Å². The third kappa shape index (κ3) is 4.59. The minimum atomic E-state index is -0.345. The number of anilines is 1. The van der Waals surface area contributed by atoms with Crippen molar-refractivity contribution in [1.29, 1.82) is 0 Å². The number of aromatic nitrogens is 2. The molecule has 0 unspecified atom stereocenters. The highest BCUT2D eigenvalue weighted by Crippen LogP contribution is 2.23. The Hall–Kier alpha value is -3.51. The van der Waals surface area contributed by atoms with Gasteiger partial charge in [0.2, 0.25) is 0 Å². The molecule has 6 heteroatoms. The zero-order valence-electron chi connectivity index (χ0n) is 19.7. The van der Waals surface area contributed by atoms with Gasteiger partial charge < -0.3 is 9.47 Å². The summed E-state index contributed by atoms with van der Waals surface area (Å²) in [6.45, 7) is 8.85. The van der Waals surface area contributed by atoms with Crippen LogP contribution in [0.3, 0.4) is 0 Å². The molecular weight excluding hydrogens is 427 g/mol. The first-order valence-corrected chi connectivity index (χ1v) is 11.7. The van der Waals surface area contributed by atoms with Gasteiger partial charge in [-0.3, -0.25) is 14.7 Å². The summed E-state index contributed by atoms with van der Waals surface area (Å²) in [5, 5.41) is 0.869. The number of aryl methyl sites for hydroxylation is 2. The van der Waals surface area contributed by atoms with Crippen LogP contribution in [-0.4, -0.2) is 40.6 Å². The molecule has 34 heavy (non-hydrogen) atoms. The predicted octanol–water partition coefficient (Wildman–Crippen LogP) is 4.52. The van der Waals surface area contributed by atoms with Gasteiger partial charge in [0.25, 0.3) is 5.56 Å². The average Bonchev–Trinajstić information content (AvgIpc) is 2.83. The van der Waals surface area contributed by atoms with E-state index >= 15 is 0 Å². The van der Waals surface area contributed by atoms with Gasteiger partial charge >= 0.3 is 0 Å². The molecule has 3 heterocycles. The van der Waals surface area contributed by atoms with E-state index in [-0.39, 0.29) is 11.4 Å². The Bertz CT molecular complexity index is 1370. The first kappa shape index (κ1) is 22.3. The van der Waals surface area contributed by atoms with E-state index in [0.29, 0.717) is 18.6 Å². The van der Waals surface area contributed by atoms with Gasteiger partial charge in [-0.05, 0) is 66.8 Å². The van der Waals surface area contributed by atoms with Crippen LogP contribution in [0.1, 0.15) is 22.3 Å². The summed E-state index contributed by atoms with van der Waals surface area (Å²) in [6, 6.07) is 17.0. The quantitative estimate of drug-likeness (QED) is 0.443. The van der Waals surface area contributed by atoms with E-state index in [1.807, 2.05) is 18.2 Å². The summed E-state index contributed by atoms with van der Waals surface area (Å²) >= 11 is 0. The smallest absolute Gasteiger partial charge is 0.255 e. The fraction of sp³-hybridized carbons (Fsp3) is 0.286. The molecule has 0 spiro atoms. The Morgan fingerprint density at radius 2 is 1.76 bits per heavy atom. The molecule has 0 saturated carbocycles. The van der Waals surface area contributed by atoms with Crippen molar-refractivity contribution in [1.82, 2.24) is 14.5 Å². The number of halogens is 1. The lowest BCUT2D eigenvalue weighted by Gasteiger charge is -2.37. The molecule has 1 saturated heterocycles. The maximum absolute atomic E-state index is 14.0. The van der Waals surface area contributed by atoms with Crippen molar-refractivity contribution in [2.45, 2.75) is 26.9 Å². The van der Waals surface area contributed by atoms with E-state index in [1.54, 1.807) is 23.0 Å². The molecule has 0 atom stereocenters. The maximum atomic E-state index is 14.0. The molecule has 174 valence electrons. The normalized spacial score (nSPS) is 14.6. The van der Waals surface area contributed by atoms with Crippen LogP contribution in [-0.2, 0) is 13.1 Å². The van der Waals surface area contributed by atoms with Gasteiger partial charge in [0.05, 0.1) is 12.1 Å². The van der Waals surface area contributed by atoms with Crippen molar-refractivity contribution >= 4 is 16.6 Å².